The predicted octanol–water partition coefficient (Wildman–Crippen LogP) is 2.70. The summed E-state index contributed by atoms with van der Waals surface area (Å²) in [6, 6.07) is 4.98. The molecule has 0 aliphatic carbocycles. The molecule has 0 spiro atoms. The van der Waals surface area contributed by atoms with Crippen LogP contribution in [0.5, 0.6) is 0 Å². The molecule has 1 fully saturated rings. The van der Waals surface area contributed by atoms with Gasteiger partial charge in [-0.15, -0.1) is 0 Å². The number of likely N-dealkylation sites (tertiary alicyclic amines) is 1. The van der Waals surface area contributed by atoms with E-state index in [1.807, 2.05) is 6.92 Å². The number of azide groups is 1. The fourth-order valence-corrected chi connectivity index (χ4v) is 1.96. The molecule has 6 heteroatoms. The van der Waals surface area contributed by atoms with Crippen LogP contribution < -0.4 is 0 Å². The van der Waals surface area contributed by atoms with E-state index >= 15 is 0 Å². The first-order valence-corrected chi connectivity index (χ1v) is 5.64. The van der Waals surface area contributed by atoms with E-state index in [1.54, 1.807) is 18.2 Å². The fraction of sp³-hybridized carbons (Fsp3) is 0.333. The van der Waals surface area contributed by atoms with Crippen LogP contribution in [0, 0.1) is 6.92 Å². The summed E-state index contributed by atoms with van der Waals surface area (Å²) in [6.07, 6.45) is 1.08. The highest BCUT2D eigenvalue weighted by molar-refractivity contribution is 6.08. The normalized spacial score (nSPS) is 14.5. The van der Waals surface area contributed by atoms with Crippen molar-refractivity contribution in [1.82, 2.24) is 4.90 Å². The van der Waals surface area contributed by atoms with Gasteiger partial charge in [0.1, 0.15) is 0 Å². The monoisotopic (exact) mass is 244 g/mol. The molecule has 2 rings (SSSR count). The maximum Gasteiger partial charge on any atom is 0.260 e. The molecule has 92 valence electrons. The van der Waals surface area contributed by atoms with Crippen molar-refractivity contribution >= 4 is 17.5 Å². The van der Waals surface area contributed by atoms with Crippen LogP contribution in [0.2, 0.25) is 0 Å². The molecule has 0 saturated carbocycles. The molecule has 1 aliphatic rings. The number of hydrogen-bond donors (Lipinski definition) is 0. The second-order valence-corrected chi connectivity index (χ2v) is 4.16. The van der Waals surface area contributed by atoms with E-state index in [0.717, 1.165) is 5.56 Å². The number of amides is 2. The topological polar surface area (TPSA) is 86.1 Å². The van der Waals surface area contributed by atoms with Crippen molar-refractivity contribution < 1.29 is 9.59 Å². The van der Waals surface area contributed by atoms with Gasteiger partial charge in [0.2, 0.25) is 5.91 Å². The minimum Gasteiger partial charge on any atom is -0.278 e. The summed E-state index contributed by atoms with van der Waals surface area (Å²) in [5.41, 5.74) is 9.89. The number of carbonyl (C=O) groups excluding carboxylic acids is 2. The van der Waals surface area contributed by atoms with E-state index in [4.69, 9.17) is 5.53 Å². The highest BCUT2D eigenvalue weighted by atomic mass is 16.2. The minimum absolute atomic E-state index is 0.173. The van der Waals surface area contributed by atoms with Crippen LogP contribution in [0.25, 0.3) is 10.4 Å². The number of hydrogen-bond acceptors (Lipinski definition) is 3. The van der Waals surface area contributed by atoms with E-state index in [9.17, 15) is 9.59 Å². The molecule has 1 aromatic carbocycles. The number of aryl methyl sites for hydroxylation is 1. The Morgan fingerprint density at radius 1 is 1.50 bits per heavy atom. The lowest BCUT2D eigenvalue weighted by molar-refractivity contribution is -0.125. The average Bonchev–Trinajstić information content (AvgIpc) is 2.77. The molecule has 0 N–H and O–H groups in total. The molecule has 0 atom stereocenters. The van der Waals surface area contributed by atoms with E-state index in [0.29, 0.717) is 19.4 Å². The van der Waals surface area contributed by atoms with Gasteiger partial charge in [-0.1, -0.05) is 22.8 Å². The Morgan fingerprint density at radius 2 is 2.28 bits per heavy atom. The predicted molar refractivity (Wildman–Crippen MR) is 65.3 cm³/mol. The molecule has 18 heavy (non-hydrogen) atoms. The maximum atomic E-state index is 12.2. The zero-order valence-corrected chi connectivity index (χ0v) is 9.96. The third kappa shape index (κ3) is 2.19. The summed E-state index contributed by atoms with van der Waals surface area (Å²) in [5, 5.41) is 3.49. The molecular formula is C12H12N4O2. The Labute approximate surface area is 104 Å². The van der Waals surface area contributed by atoms with Gasteiger partial charge in [-0.2, -0.15) is 0 Å². The highest BCUT2D eigenvalue weighted by Gasteiger charge is 2.28. The van der Waals surface area contributed by atoms with Crippen molar-refractivity contribution in [1.29, 1.82) is 0 Å². The van der Waals surface area contributed by atoms with E-state index < -0.39 is 0 Å². The smallest absolute Gasteiger partial charge is 0.260 e. The summed E-state index contributed by atoms with van der Waals surface area (Å²) in [4.78, 5) is 27.7. The van der Waals surface area contributed by atoms with Crippen LogP contribution >= 0.6 is 0 Å². The summed E-state index contributed by atoms with van der Waals surface area (Å²) in [7, 11) is 0. The lowest BCUT2D eigenvalue weighted by atomic mass is 10.1. The number of imide groups is 1. The summed E-state index contributed by atoms with van der Waals surface area (Å²) < 4.78 is 0. The number of nitrogens with zero attached hydrogens (tertiary/aromatic N) is 4. The average molecular weight is 244 g/mol. The van der Waals surface area contributed by atoms with Crippen LogP contribution in [-0.2, 0) is 4.79 Å². The fourth-order valence-electron chi connectivity index (χ4n) is 1.96. The molecule has 1 aliphatic heterocycles. The van der Waals surface area contributed by atoms with Gasteiger partial charge in [-0.3, -0.25) is 14.5 Å². The number of rotatable bonds is 2. The first-order valence-electron chi connectivity index (χ1n) is 5.64. The van der Waals surface area contributed by atoms with Gasteiger partial charge in [0.15, 0.2) is 0 Å². The zero-order chi connectivity index (χ0) is 13.1. The molecule has 1 aromatic rings. The third-order valence-electron chi connectivity index (χ3n) is 2.85. The molecule has 1 heterocycles. The Hall–Kier alpha value is -2.33. The van der Waals surface area contributed by atoms with Gasteiger partial charge in [-0.05, 0) is 24.9 Å². The van der Waals surface area contributed by atoms with E-state index in [2.05, 4.69) is 10.0 Å². The van der Waals surface area contributed by atoms with Crippen LogP contribution in [-0.4, -0.2) is 23.3 Å². The lowest BCUT2D eigenvalue weighted by Gasteiger charge is -2.15. The molecule has 6 nitrogen and oxygen atoms in total. The standard InChI is InChI=1S/C12H12N4O2/c1-8-4-5-10(14-15-13)9(7-8)12(18)16-6-2-3-11(16)17/h4-5,7H,2-3,6H2,1H3. The van der Waals surface area contributed by atoms with Crippen molar-refractivity contribution in [3.05, 3.63) is 39.8 Å². The van der Waals surface area contributed by atoms with Gasteiger partial charge < -0.3 is 0 Å². The van der Waals surface area contributed by atoms with Gasteiger partial charge in [-0.25, -0.2) is 0 Å². The Kier molecular flexibility index (Phi) is 3.30. The van der Waals surface area contributed by atoms with Crippen LogP contribution in [0.1, 0.15) is 28.8 Å². The molecule has 1 saturated heterocycles. The quantitative estimate of drug-likeness (QED) is 0.346. The SMILES string of the molecule is Cc1ccc(N=[N+]=[N-])c(C(=O)N2CCCC2=O)c1. The summed E-state index contributed by atoms with van der Waals surface area (Å²) in [6.45, 7) is 2.27. The first-order chi connectivity index (χ1) is 8.63. The molecule has 2 amide bonds. The minimum atomic E-state index is -0.386. The zero-order valence-electron chi connectivity index (χ0n) is 9.96. The van der Waals surface area contributed by atoms with Crippen LogP contribution in [0.4, 0.5) is 5.69 Å². The summed E-state index contributed by atoms with van der Waals surface area (Å²) >= 11 is 0. The van der Waals surface area contributed by atoms with Gasteiger partial charge in [0.25, 0.3) is 5.91 Å². The number of benzene rings is 1. The largest absolute Gasteiger partial charge is 0.278 e. The Bertz CT molecular complexity index is 561. The molecule has 0 radical (unpaired) electrons. The van der Waals surface area contributed by atoms with Crippen molar-refractivity contribution in [2.75, 3.05) is 6.54 Å². The highest BCUT2D eigenvalue weighted by Crippen LogP contribution is 2.24. The van der Waals surface area contributed by atoms with Crippen molar-refractivity contribution in [3.8, 4) is 0 Å². The third-order valence-corrected chi connectivity index (χ3v) is 2.85. The number of carbonyl (C=O) groups is 2. The second kappa shape index (κ2) is 4.89. The molecule has 0 unspecified atom stereocenters. The van der Waals surface area contributed by atoms with E-state index in [1.165, 1.54) is 4.90 Å². The second-order valence-electron chi connectivity index (χ2n) is 4.16. The maximum absolute atomic E-state index is 12.2. The summed E-state index contributed by atoms with van der Waals surface area (Å²) in [5.74, 6) is -0.558. The van der Waals surface area contributed by atoms with Crippen molar-refractivity contribution in [2.45, 2.75) is 19.8 Å². The molecule has 0 bridgehead atoms. The van der Waals surface area contributed by atoms with Gasteiger partial charge in [0.05, 0.1) is 5.69 Å². The molecular weight excluding hydrogens is 232 g/mol. The van der Waals surface area contributed by atoms with Gasteiger partial charge >= 0.3 is 0 Å². The Balaban J connectivity index is 2.42. The lowest BCUT2D eigenvalue weighted by Crippen LogP contribution is -2.31. The first kappa shape index (κ1) is 12.1. The van der Waals surface area contributed by atoms with Crippen molar-refractivity contribution in [2.24, 2.45) is 5.11 Å². The van der Waals surface area contributed by atoms with Crippen LogP contribution in [0.15, 0.2) is 23.3 Å². The van der Waals surface area contributed by atoms with Crippen LogP contribution in [0.3, 0.4) is 0 Å². The van der Waals surface area contributed by atoms with Gasteiger partial charge in [0, 0.05) is 23.4 Å². The molecule has 0 aromatic heterocycles. The Morgan fingerprint density at radius 3 is 2.89 bits per heavy atom. The van der Waals surface area contributed by atoms with Crippen molar-refractivity contribution in [3.63, 3.8) is 0 Å². The van der Waals surface area contributed by atoms with E-state index in [-0.39, 0.29) is 23.1 Å².